The lowest BCUT2D eigenvalue weighted by Gasteiger charge is -2.22. The number of benzene rings is 2. The topological polar surface area (TPSA) is 77.1 Å². The first-order valence-electron chi connectivity index (χ1n) is 9.63. The van der Waals surface area contributed by atoms with Crippen molar-refractivity contribution in [2.24, 2.45) is 0 Å². The quantitative estimate of drug-likeness (QED) is 0.599. The molecule has 1 fully saturated rings. The van der Waals surface area contributed by atoms with Crippen molar-refractivity contribution in [3.63, 3.8) is 0 Å². The van der Waals surface area contributed by atoms with Crippen molar-refractivity contribution >= 4 is 11.9 Å². The van der Waals surface area contributed by atoms with Crippen LogP contribution in [0, 0.1) is 13.8 Å². The van der Waals surface area contributed by atoms with E-state index in [-0.39, 0.29) is 19.2 Å². The van der Waals surface area contributed by atoms with E-state index in [9.17, 15) is 9.59 Å². The van der Waals surface area contributed by atoms with Crippen LogP contribution in [0.3, 0.4) is 0 Å². The Balaban J connectivity index is 1.38. The number of nitrogens with zero attached hydrogens (tertiary/aromatic N) is 1. The van der Waals surface area contributed by atoms with Crippen molar-refractivity contribution in [3.05, 3.63) is 53.1 Å². The van der Waals surface area contributed by atoms with Crippen LogP contribution in [0.1, 0.15) is 30.0 Å². The van der Waals surface area contributed by atoms with Gasteiger partial charge in [0.25, 0.3) is 5.91 Å². The Morgan fingerprint density at radius 2 is 1.86 bits per heavy atom. The number of amides is 3. The Morgan fingerprint density at radius 1 is 1.07 bits per heavy atom. The predicted molar refractivity (Wildman–Crippen MR) is 106 cm³/mol. The number of carbonyl (C=O) groups excluding carboxylic acids is 2. The van der Waals surface area contributed by atoms with Gasteiger partial charge in [-0.1, -0.05) is 12.1 Å². The van der Waals surface area contributed by atoms with Crippen molar-refractivity contribution in [2.75, 3.05) is 19.9 Å². The standard InChI is InChI=1S/C22H24N2O5/c1-14-5-7-17(11-15(14)2)27-10-4-9-24-20(25)22(3,23-21(24)26)16-6-8-18-19(12-16)29-13-28-18/h5-8,11-12H,4,9-10,13H2,1-3H3,(H,23,26). The van der Waals surface area contributed by atoms with Gasteiger partial charge in [0.2, 0.25) is 6.79 Å². The van der Waals surface area contributed by atoms with Crippen LogP contribution < -0.4 is 19.5 Å². The van der Waals surface area contributed by atoms with E-state index in [1.54, 1.807) is 25.1 Å². The lowest BCUT2D eigenvalue weighted by Crippen LogP contribution is -2.41. The molecular weight excluding hydrogens is 372 g/mol. The second-order valence-corrected chi connectivity index (χ2v) is 7.53. The third-order valence-corrected chi connectivity index (χ3v) is 5.50. The second kappa shape index (κ2) is 7.31. The Hall–Kier alpha value is -3.22. The van der Waals surface area contributed by atoms with Crippen LogP contribution >= 0.6 is 0 Å². The number of hydrogen-bond acceptors (Lipinski definition) is 5. The van der Waals surface area contributed by atoms with Crippen LogP contribution in [0.4, 0.5) is 4.79 Å². The van der Waals surface area contributed by atoms with Crippen molar-refractivity contribution < 1.29 is 23.8 Å². The molecule has 0 aromatic heterocycles. The Labute approximate surface area is 169 Å². The maximum absolute atomic E-state index is 13.0. The van der Waals surface area contributed by atoms with Gasteiger partial charge in [-0.15, -0.1) is 0 Å². The lowest BCUT2D eigenvalue weighted by atomic mass is 9.91. The van der Waals surface area contributed by atoms with E-state index >= 15 is 0 Å². The summed E-state index contributed by atoms with van der Waals surface area (Å²) >= 11 is 0. The molecule has 2 aliphatic heterocycles. The molecule has 152 valence electrons. The summed E-state index contributed by atoms with van der Waals surface area (Å²) in [4.78, 5) is 26.7. The van der Waals surface area contributed by atoms with Crippen LogP contribution in [-0.2, 0) is 10.3 Å². The Bertz CT molecular complexity index is 974. The Kier molecular flexibility index (Phi) is 4.82. The van der Waals surface area contributed by atoms with E-state index in [0.29, 0.717) is 30.1 Å². The van der Waals surface area contributed by atoms with E-state index < -0.39 is 11.6 Å². The molecule has 3 amide bonds. The highest BCUT2D eigenvalue weighted by molar-refractivity contribution is 6.07. The van der Waals surface area contributed by atoms with Crippen molar-refractivity contribution in [3.8, 4) is 17.2 Å². The minimum atomic E-state index is -1.13. The van der Waals surface area contributed by atoms with Crippen LogP contribution in [0.25, 0.3) is 0 Å². The van der Waals surface area contributed by atoms with Crippen LogP contribution in [0.2, 0.25) is 0 Å². The van der Waals surface area contributed by atoms with Gasteiger partial charge in [-0.3, -0.25) is 9.69 Å². The summed E-state index contributed by atoms with van der Waals surface area (Å²) in [5.41, 5.74) is 1.90. The molecule has 0 radical (unpaired) electrons. The number of urea groups is 1. The number of aryl methyl sites for hydroxylation is 2. The predicted octanol–water partition coefficient (Wildman–Crippen LogP) is 3.27. The molecule has 7 nitrogen and oxygen atoms in total. The summed E-state index contributed by atoms with van der Waals surface area (Å²) in [6.45, 7) is 6.65. The average Bonchev–Trinajstić information content (AvgIpc) is 3.25. The Morgan fingerprint density at radius 3 is 2.66 bits per heavy atom. The van der Waals surface area contributed by atoms with Gasteiger partial charge in [0.15, 0.2) is 11.5 Å². The van der Waals surface area contributed by atoms with E-state index in [2.05, 4.69) is 5.32 Å². The molecule has 7 heteroatoms. The van der Waals surface area contributed by atoms with Gasteiger partial charge in [-0.05, 0) is 68.1 Å². The highest BCUT2D eigenvalue weighted by Crippen LogP contribution is 2.37. The normalized spacial score (nSPS) is 20.2. The molecule has 1 unspecified atom stereocenters. The number of fused-ring (bicyclic) bond motifs is 1. The van der Waals surface area contributed by atoms with Crippen LogP contribution in [0.15, 0.2) is 36.4 Å². The minimum Gasteiger partial charge on any atom is -0.494 e. The first-order valence-corrected chi connectivity index (χ1v) is 9.63. The van der Waals surface area contributed by atoms with Crippen LogP contribution in [0.5, 0.6) is 17.2 Å². The number of rotatable bonds is 6. The summed E-state index contributed by atoms with van der Waals surface area (Å²) in [7, 11) is 0. The fourth-order valence-electron chi connectivity index (χ4n) is 3.52. The molecule has 0 bridgehead atoms. The number of hydrogen-bond donors (Lipinski definition) is 1. The number of imide groups is 1. The fourth-order valence-corrected chi connectivity index (χ4v) is 3.52. The summed E-state index contributed by atoms with van der Waals surface area (Å²) in [5, 5.41) is 2.81. The molecule has 2 aliphatic rings. The molecule has 2 heterocycles. The van der Waals surface area contributed by atoms with Gasteiger partial charge < -0.3 is 19.5 Å². The van der Waals surface area contributed by atoms with E-state index in [4.69, 9.17) is 14.2 Å². The number of ether oxygens (including phenoxy) is 3. The van der Waals surface area contributed by atoms with Gasteiger partial charge in [0.1, 0.15) is 11.3 Å². The molecule has 2 aromatic carbocycles. The summed E-state index contributed by atoms with van der Waals surface area (Å²) in [6.07, 6.45) is 0.545. The first kappa shape index (κ1) is 19.1. The molecule has 2 aromatic rings. The molecule has 4 rings (SSSR count). The van der Waals surface area contributed by atoms with E-state index in [0.717, 1.165) is 11.3 Å². The molecule has 1 saturated heterocycles. The molecule has 29 heavy (non-hydrogen) atoms. The van der Waals surface area contributed by atoms with Crippen molar-refractivity contribution in [1.82, 2.24) is 10.2 Å². The van der Waals surface area contributed by atoms with Gasteiger partial charge in [0, 0.05) is 6.54 Å². The average molecular weight is 396 g/mol. The first-order chi connectivity index (χ1) is 13.9. The number of carbonyl (C=O) groups is 2. The lowest BCUT2D eigenvalue weighted by molar-refractivity contribution is -0.131. The zero-order valence-corrected chi connectivity index (χ0v) is 16.8. The fraction of sp³-hybridized carbons (Fsp3) is 0.364. The third-order valence-electron chi connectivity index (χ3n) is 5.50. The molecule has 0 aliphatic carbocycles. The maximum atomic E-state index is 13.0. The zero-order valence-electron chi connectivity index (χ0n) is 16.8. The summed E-state index contributed by atoms with van der Waals surface area (Å²) in [6, 6.07) is 10.8. The molecule has 0 saturated carbocycles. The van der Waals surface area contributed by atoms with Gasteiger partial charge in [0.05, 0.1) is 6.61 Å². The van der Waals surface area contributed by atoms with Crippen molar-refractivity contribution in [2.45, 2.75) is 32.7 Å². The molecule has 0 spiro atoms. The highest BCUT2D eigenvalue weighted by Gasteiger charge is 2.49. The molecular formula is C22H24N2O5. The number of nitrogens with one attached hydrogen (secondary N) is 1. The summed E-state index contributed by atoms with van der Waals surface area (Å²) < 4.78 is 16.5. The van der Waals surface area contributed by atoms with E-state index in [1.165, 1.54) is 10.5 Å². The van der Waals surface area contributed by atoms with Crippen LogP contribution in [-0.4, -0.2) is 36.8 Å². The highest BCUT2D eigenvalue weighted by atomic mass is 16.7. The maximum Gasteiger partial charge on any atom is 0.325 e. The van der Waals surface area contributed by atoms with Gasteiger partial charge in [-0.25, -0.2) is 4.79 Å². The van der Waals surface area contributed by atoms with E-state index in [1.807, 2.05) is 32.0 Å². The zero-order chi connectivity index (χ0) is 20.6. The third kappa shape index (κ3) is 3.48. The van der Waals surface area contributed by atoms with Gasteiger partial charge in [-0.2, -0.15) is 0 Å². The molecule has 1 atom stereocenters. The largest absolute Gasteiger partial charge is 0.494 e. The van der Waals surface area contributed by atoms with Crippen molar-refractivity contribution in [1.29, 1.82) is 0 Å². The minimum absolute atomic E-state index is 0.155. The molecule has 1 N–H and O–H groups in total. The second-order valence-electron chi connectivity index (χ2n) is 7.53. The summed E-state index contributed by atoms with van der Waals surface area (Å²) in [5.74, 6) is 1.71. The monoisotopic (exact) mass is 396 g/mol. The van der Waals surface area contributed by atoms with Gasteiger partial charge >= 0.3 is 6.03 Å². The SMILES string of the molecule is Cc1ccc(OCCCN2C(=O)NC(C)(c3ccc4c(c3)OCO4)C2=O)cc1C. The smallest absolute Gasteiger partial charge is 0.325 e.